The van der Waals surface area contributed by atoms with Crippen LogP contribution in [-0.4, -0.2) is 33.7 Å². The van der Waals surface area contributed by atoms with Crippen LogP contribution in [0, 0.1) is 17.8 Å². The lowest BCUT2D eigenvalue weighted by Crippen LogP contribution is -2.54. The van der Waals surface area contributed by atoms with Gasteiger partial charge in [-0.15, -0.1) is 0 Å². The maximum atomic E-state index is 13.2. The van der Waals surface area contributed by atoms with Crippen LogP contribution in [0.5, 0.6) is 0 Å². The van der Waals surface area contributed by atoms with Crippen molar-refractivity contribution in [2.24, 2.45) is 17.8 Å². The molecule has 2 atom stereocenters. The minimum atomic E-state index is -0.0244. The van der Waals surface area contributed by atoms with Crippen molar-refractivity contribution >= 4 is 5.91 Å². The first-order chi connectivity index (χ1) is 14.7. The van der Waals surface area contributed by atoms with E-state index in [1.54, 1.807) is 10.7 Å². The van der Waals surface area contributed by atoms with Gasteiger partial charge in [-0.05, 0) is 43.6 Å². The van der Waals surface area contributed by atoms with E-state index < -0.39 is 0 Å². The molecule has 1 saturated heterocycles. The Kier molecular flexibility index (Phi) is 5.45. The number of hydrogen-bond donors (Lipinski definition) is 0. The summed E-state index contributed by atoms with van der Waals surface area (Å²) in [6.07, 6.45) is 9.06. The molecule has 2 heterocycles. The molecule has 5 nitrogen and oxygen atoms in total. The fourth-order valence-corrected chi connectivity index (χ4v) is 6.00. The molecule has 2 aliphatic carbocycles. The number of hydrogen-bond acceptors (Lipinski definition) is 3. The zero-order chi connectivity index (χ0) is 20.5. The predicted octanol–water partition coefficient (Wildman–Crippen LogP) is 4.29. The zero-order valence-electron chi connectivity index (χ0n) is 17.6. The summed E-state index contributed by atoms with van der Waals surface area (Å²) in [5.74, 6) is 1.23. The van der Waals surface area contributed by atoms with Gasteiger partial charge in [-0.3, -0.25) is 9.59 Å². The molecule has 158 valence electrons. The Labute approximate surface area is 178 Å². The quantitative estimate of drug-likeness (QED) is 0.765. The molecule has 5 rings (SSSR count). The minimum absolute atomic E-state index is 0.0244. The van der Waals surface area contributed by atoms with Gasteiger partial charge >= 0.3 is 0 Å². The van der Waals surface area contributed by atoms with E-state index in [0.29, 0.717) is 17.7 Å². The van der Waals surface area contributed by atoms with Gasteiger partial charge in [-0.1, -0.05) is 56.0 Å². The summed E-state index contributed by atoms with van der Waals surface area (Å²) in [4.78, 5) is 28.1. The molecule has 2 bridgehead atoms. The van der Waals surface area contributed by atoms with E-state index in [4.69, 9.17) is 5.10 Å². The SMILES string of the molecule is O=C(C1CCCCC1)N1C[C@H]2CCC[C@H](C1)C2n1nc(-c2ccccc2)ccc1=O. The van der Waals surface area contributed by atoms with Gasteiger partial charge in [0.25, 0.3) is 5.56 Å². The van der Waals surface area contributed by atoms with Crippen molar-refractivity contribution in [2.45, 2.75) is 57.4 Å². The maximum Gasteiger partial charge on any atom is 0.267 e. The van der Waals surface area contributed by atoms with Gasteiger partial charge in [0.15, 0.2) is 0 Å². The topological polar surface area (TPSA) is 55.2 Å². The van der Waals surface area contributed by atoms with E-state index >= 15 is 0 Å². The lowest BCUT2D eigenvalue weighted by atomic mass is 9.73. The number of nitrogens with zero attached hydrogens (tertiary/aromatic N) is 3. The van der Waals surface area contributed by atoms with Crippen LogP contribution in [-0.2, 0) is 4.79 Å². The third kappa shape index (κ3) is 3.70. The molecule has 0 unspecified atom stereocenters. The monoisotopic (exact) mass is 405 g/mol. The van der Waals surface area contributed by atoms with Gasteiger partial charge in [0.05, 0.1) is 11.7 Å². The first-order valence-corrected chi connectivity index (χ1v) is 11.6. The summed E-state index contributed by atoms with van der Waals surface area (Å²) in [6, 6.07) is 13.6. The van der Waals surface area contributed by atoms with Crippen LogP contribution < -0.4 is 5.56 Å². The first kappa shape index (κ1) is 19.5. The number of piperidine rings is 1. The molecule has 0 N–H and O–H groups in total. The van der Waals surface area contributed by atoms with Crippen molar-refractivity contribution in [2.75, 3.05) is 13.1 Å². The summed E-state index contributed by atoms with van der Waals surface area (Å²) < 4.78 is 1.75. The summed E-state index contributed by atoms with van der Waals surface area (Å²) in [5, 5.41) is 4.81. The molecule has 2 aromatic rings. The molecule has 5 heteroatoms. The Morgan fingerprint density at radius 2 is 1.53 bits per heavy atom. The molecule has 30 heavy (non-hydrogen) atoms. The van der Waals surface area contributed by atoms with E-state index in [-0.39, 0.29) is 17.5 Å². The second-order valence-corrected chi connectivity index (χ2v) is 9.39. The number of rotatable bonds is 3. The summed E-state index contributed by atoms with van der Waals surface area (Å²) in [7, 11) is 0. The number of amides is 1. The Morgan fingerprint density at radius 1 is 0.833 bits per heavy atom. The lowest BCUT2D eigenvalue weighted by molar-refractivity contribution is -0.142. The standard InChI is InChI=1S/C25H31N3O2/c29-23-15-14-22(18-8-3-1-4-9-18)26-28(23)24-20-12-7-13-21(24)17-27(16-20)25(30)19-10-5-2-6-11-19/h1,3-4,8-9,14-15,19-21,24H,2,5-7,10-13,16-17H2/t20-,21-/m1/s1. The van der Waals surface area contributed by atoms with Crippen LogP contribution in [0.1, 0.15) is 57.4 Å². The van der Waals surface area contributed by atoms with Crippen molar-refractivity contribution in [3.05, 3.63) is 52.8 Å². The van der Waals surface area contributed by atoms with E-state index in [1.165, 1.54) is 25.7 Å². The van der Waals surface area contributed by atoms with Crippen molar-refractivity contribution in [3.63, 3.8) is 0 Å². The van der Waals surface area contributed by atoms with E-state index in [0.717, 1.165) is 50.0 Å². The van der Waals surface area contributed by atoms with Crippen LogP contribution in [0.3, 0.4) is 0 Å². The Balaban J connectivity index is 1.41. The van der Waals surface area contributed by atoms with Crippen molar-refractivity contribution in [1.29, 1.82) is 0 Å². The van der Waals surface area contributed by atoms with Crippen LogP contribution in [0.15, 0.2) is 47.3 Å². The summed E-state index contributed by atoms with van der Waals surface area (Å²) in [6.45, 7) is 1.56. The summed E-state index contributed by atoms with van der Waals surface area (Å²) >= 11 is 0. The molecule has 2 saturated carbocycles. The number of fused-ring (bicyclic) bond motifs is 2. The number of carbonyl (C=O) groups excluding carboxylic acids is 1. The Bertz CT molecular complexity index is 934. The number of benzene rings is 1. The molecule has 1 aromatic heterocycles. The van der Waals surface area contributed by atoms with Crippen LogP contribution >= 0.6 is 0 Å². The van der Waals surface area contributed by atoms with Gasteiger partial charge in [0.2, 0.25) is 5.91 Å². The Morgan fingerprint density at radius 3 is 2.23 bits per heavy atom. The average Bonchev–Trinajstić information content (AvgIpc) is 2.79. The average molecular weight is 406 g/mol. The smallest absolute Gasteiger partial charge is 0.267 e. The lowest BCUT2D eigenvalue weighted by Gasteiger charge is -2.48. The normalized spacial score (nSPS) is 27.1. The molecule has 0 radical (unpaired) electrons. The highest BCUT2D eigenvalue weighted by molar-refractivity contribution is 5.79. The van der Waals surface area contributed by atoms with Crippen molar-refractivity contribution in [1.82, 2.24) is 14.7 Å². The first-order valence-electron chi connectivity index (χ1n) is 11.6. The molecule has 1 amide bonds. The van der Waals surface area contributed by atoms with Gasteiger partial charge < -0.3 is 4.90 Å². The van der Waals surface area contributed by atoms with Gasteiger partial charge in [-0.25, -0.2) is 4.68 Å². The molecular weight excluding hydrogens is 374 g/mol. The van der Waals surface area contributed by atoms with Crippen molar-refractivity contribution in [3.8, 4) is 11.3 Å². The number of likely N-dealkylation sites (tertiary alicyclic amines) is 1. The zero-order valence-corrected chi connectivity index (χ0v) is 17.6. The van der Waals surface area contributed by atoms with Gasteiger partial charge in [0.1, 0.15) is 0 Å². The van der Waals surface area contributed by atoms with Gasteiger partial charge in [-0.2, -0.15) is 5.10 Å². The van der Waals surface area contributed by atoms with E-state index in [9.17, 15) is 9.59 Å². The molecule has 3 fully saturated rings. The molecular formula is C25H31N3O2. The predicted molar refractivity (Wildman–Crippen MR) is 117 cm³/mol. The highest BCUT2D eigenvalue weighted by Gasteiger charge is 2.43. The molecule has 1 aliphatic heterocycles. The van der Waals surface area contributed by atoms with E-state index in [2.05, 4.69) is 4.90 Å². The largest absolute Gasteiger partial charge is 0.342 e. The highest BCUT2D eigenvalue weighted by Crippen LogP contribution is 2.43. The summed E-state index contributed by atoms with van der Waals surface area (Å²) in [5.41, 5.74) is 1.85. The van der Waals surface area contributed by atoms with Crippen LogP contribution in [0.4, 0.5) is 0 Å². The number of aromatic nitrogens is 2. The van der Waals surface area contributed by atoms with E-state index in [1.807, 2.05) is 36.4 Å². The van der Waals surface area contributed by atoms with Crippen molar-refractivity contribution < 1.29 is 4.79 Å². The highest BCUT2D eigenvalue weighted by atomic mass is 16.2. The third-order valence-electron chi connectivity index (χ3n) is 7.47. The fourth-order valence-electron chi connectivity index (χ4n) is 6.00. The number of carbonyl (C=O) groups is 1. The van der Waals surface area contributed by atoms with Crippen LogP contribution in [0.25, 0.3) is 11.3 Å². The Hall–Kier alpha value is -2.43. The molecule has 1 aromatic carbocycles. The molecule has 3 aliphatic rings. The maximum absolute atomic E-state index is 13.2. The fraction of sp³-hybridized carbons (Fsp3) is 0.560. The second-order valence-electron chi connectivity index (χ2n) is 9.39. The second kappa shape index (κ2) is 8.37. The molecule has 0 spiro atoms. The van der Waals surface area contributed by atoms with Gasteiger partial charge in [0, 0.05) is 30.6 Å². The van der Waals surface area contributed by atoms with Crippen LogP contribution in [0.2, 0.25) is 0 Å². The third-order valence-corrected chi connectivity index (χ3v) is 7.47. The minimum Gasteiger partial charge on any atom is -0.342 e.